The minimum Gasteiger partial charge on any atom is -0.298 e. The number of hydrogen-bond donors (Lipinski definition) is 0. The zero-order valence-electron chi connectivity index (χ0n) is 7.69. The van der Waals surface area contributed by atoms with Crippen molar-refractivity contribution in [3.63, 3.8) is 0 Å². The summed E-state index contributed by atoms with van der Waals surface area (Å²) < 4.78 is 0. The third kappa shape index (κ3) is 1.56. The SMILES string of the molecule is C#CCC(=O)C1CSc2ccccc21. The summed E-state index contributed by atoms with van der Waals surface area (Å²) in [6.45, 7) is 0. The standard InChI is InChI=1S/C12H10OS/c1-2-5-11(13)10-8-14-12-7-4-3-6-9(10)12/h1,3-4,6-7,10H,5,8H2. The Bertz CT molecular complexity index is 403. The van der Waals surface area contributed by atoms with Crippen LogP contribution in [0.15, 0.2) is 29.2 Å². The first-order chi connectivity index (χ1) is 6.83. The van der Waals surface area contributed by atoms with Crippen LogP contribution in [0.3, 0.4) is 0 Å². The lowest BCUT2D eigenvalue weighted by Crippen LogP contribution is -2.10. The van der Waals surface area contributed by atoms with Crippen LogP contribution in [0.25, 0.3) is 0 Å². The summed E-state index contributed by atoms with van der Waals surface area (Å²) in [6.07, 6.45) is 5.39. The van der Waals surface area contributed by atoms with Gasteiger partial charge in [0, 0.05) is 10.6 Å². The molecule has 0 saturated heterocycles. The van der Waals surface area contributed by atoms with Crippen LogP contribution in [0, 0.1) is 12.3 Å². The Hall–Kier alpha value is -1.20. The first-order valence-electron chi connectivity index (χ1n) is 4.51. The average Bonchev–Trinajstić information content (AvgIpc) is 2.61. The van der Waals surface area contributed by atoms with E-state index >= 15 is 0 Å². The van der Waals surface area contributed by atoms with Gasteiger partial charge in [-0.1, -0.05) is 24.1 Å². The molecule has 0 bridgehead atoms. The van der Waals surface area contributed by atoms with E-state index in [2.05, 4.69) is 12.0 Å². The van der Waals surface area contributed by atoms with Crippen molar-refractivity contribution in [2.24, 2.45) is 0 Å². The predicted molar refractivity (Wildman–Crippen MR) is 58.4 cm³/mol. The molecule has 2 heteroatoms. The van der Waals surface area contributed by atoms with Crippen LogP contribution < -0.4 is 0 Å². The second-order valence-corrected chi connectivity index (χ2v) is 4.31. The van der Waals surface area contributed by atoms with Crippen molar-refractivity contribution in [1.82, 2.24) is 0 Å². The summed E-state index contributed by atoms with van der Waals surface area (Å²) >= 11 is 1.74. The van der Waals surface area contributed by atoms with Crippen molar-refractivity contribution in [1.29, 1.82) is 0 Å². The third-order valence-corrected chi connectivity index (χ3v) is 3.55. The quantitative estimate of drug-likeness (QED) is 0.685. The summed E-state index contributed by atoms with van der Waals surface area (Å²) in [6, 6.07) is 8.05. The molecule has 1 aliphatic rings. The lowest BCUT2D eigenvalue weighted by atomic mass is 9.95. The van der Waals surface area contributed by atoms with Crippen LogP contribution in [-0.4, -0.2) is 11.5 Å². The van der Waals surface area contributed by atoms with Gasteiger partial charge in [-0.25, -0.2) is 0 Å². The fourth-order valence-corrected chi connectivity index (χ4v) is 2.92. The molecule has 14 heavy (non-hydrogen) atoms. The average molecular weight is 202 g/mol. The normalized spacial score (nSPS) is 18.6. The lowest BCUT2D eigenvalue weighted by molar-refractivity contribution is -0.119. The highest BCUT2D eigenvalue weighted by atomic mass is 32.2. The van der Waals surface area contributed by atoms with E-state index < -0.39 is 0 Å². The van der Waals surface area contributed by atoms with E-state index in [-0.39, 0.29) is 18.1 Å². The summed E-state index contributed by atoms with van der Waals surface area (Å²) in [5, 5.41) is 0. The molecule has 0 radical (unpaired) electrons. The van der Waals surface area contributed by atoms with Crippen LogP contribution in [0.2, 0.25) is 0 Å². The highest BCUT2D eigenvalue weighted by Crippen LogP contribution is 2.39. The highest BCUT2D eigenvalue weighted by Gasteiger charge is 2.27. The van der Waals surface area contributed by atoms with Gasteiger partial charge >= 0.3 is 0 Å². The second kappa shape index (κ2) is 3.89. The van der Waals surface area contributed by atoms with Gasteiger partial charge in [-0.2, -0.15) is 0 Å². The van der Waals surface area contributed by atoms with Crippen molar-refractivity contribution in [3.05, 3.63) is 29.8 Å². The summed E-state index contributed by atoms with van der Waals surface area (Å²) in [7, 11) is 0. The number of ketones is 1. The van der Waals surface area contributed by atoms with Crippen LogP contribution >= 0.6 is 11.8 Å². The van der Waals surface area contributed by atoms with E-state index in [1.807, 2.05) is 18.2 Å². The van der Waals surface area contributed by atoms with E-state index in [9.17, 15) is 4.79 Å². The smallest absolute Gasteiger partial charge is 0.153 e. The van der Waals surface area contributed by atoms with E-state index in [0.717, 1.165) is 11.3 Å². The maximum Gasteiger partial charge on any atom is 0.153 e. The number of thioether (sulfide) groups is 1. The molecule has 70 valence electrons. The third-order valence-electron chi connectivity index (χ3n) is 2.36. The molecule has 0 aliphatic carbocycles. The predicted octanol–water partition coefficient (Wildman–Crippen LogP) is 2.47. The van der Waals surface area contributed by atoms with Gasteiger partial charge in [0.15, 0.2) is 5.78 Å². The van der Waals surface area contributed by atoms with E-state index in [0.29, 0.717) is 0 Å². The molecular weight excluding hydrogens is 192 g/mol. The summed E-state index contributed by atoms with van der Waals surface area (Å²) in [4.78, 5) is 12.9. The van der Waals surface area contributed by atoms with E-state index in [1.165, 1.54) is 4.90 Å². The second-order valence-electron chi connectivity index (χ2n) is 3.25. The van der Waals surface area contributed by atoms with Gasteiger partial charge in [-0.15, -0.1) is 18.2 Å². The molecule has 1 unspecified atom stereocenters. The van der Waals surface area contributed by atoms with Gasteiger partial charge in [0.05, 0.1) is 12.3 Å². The maximum atomic E-state index is 11.7. The van der Waals surface area contributed by atoms with Gasteiger partial charge in [0.1, 0.15) is 0 Å². The number of carbonyl (C=O) groups is 1. The van der Waals surface area contributed by atoms with Gasteiger partial charge in [0.25, 0.3) is 0 Å². The minimum atomic E-state index is 0.0206. The van der Waals surface area contributed by atoms with Crippen molar-refractivity contribution in [2.45, 2.75) is 17.2 Å². The van der Waals surface area contributed by atoms with Crippen molar-refractivity contribution in [3.8, 4) is 12.3 Å². The first-order valence-corrected chi connectivity index (χ1v) is 5.49. The van der Waals surface area contributed by atoms with Crippen LogP contribution in [-0.2, 0) is 4.79 Å². The van der Waals surface area contributed by atoms with Gasteiger partial charge in [-0.3, -0.25) is 4.79 Å². The topological polar surface area (TPSA) is 17.1 Å². The van der Waals surface area contributed by atoms with Crippen molar-refractivity contribution >= 4 is 17.5 Å². The zero-order chi connectivity index (χ0) is 9.97. The van der Waals surface area contributed by atoms with Gasteiger partial charge in [-0.05, 0) is 11.6 Å². The summed E-state index contributed by atoms with van der Waals surface area (Å²) in [5.74, 6) is 3.46. The van der Waals surface area contributed by atoms with Gasteiger partial charge < -0.3 is 0 Å². The number of fused-ring (bicyclic) bond motifs is 1. The molecule has 0 saturated carbocycles. The number of carbonyl (C=O) groups excluding carboxylic acids is 1. The van der Waals surface area contributed by atoms with E-state index in [1.54, 1.807) is 11.8 Å². The Balaban J connectivity index is 2.27. The molecule has 0 spiro atoms. The fraction of sp³-hybridized carbons (Fsp3) is 0.250. The molecule has 0 fully saturated rings. The zero-order valence-corrected chi connectivity index (χ0v) is 8.51. The summed E-state index contributed by atoms with van der Waals surface area (Å²) in [5.41, 5.74) is 1.15. The Kier molecular flexibility index (Phi) is 2.60. The molecule has 1 atom stereocenters. The molecule has 1 aromatic carbocycles. The Morgan fingerprint density at radius 1 is 1.57 bits per heavy atom. The van der Waals surface area contributed by atoms with Crippen molar-refractivity contribution in [2.75, 3.05) is 5.75 Å². The largest absolute Gasteiger partial charge is 0.298 e. The molecule has 1 nitrogen and oxygen atoms in total. The van der Waals surface area contributed by atoms with Gasteiger partial charge in [0.2, 0.25) is 0 Å². The molecular formula is C12H10OS. The van der Waals surface area contributed by atoms with Crippen LogP contribution in [0.1, 0.15) is 17.9 Å². The number of benzene rings is 1. The molecule has 1 aromatic rings. The first kappa shape index (κ1) is 9.36. The van der Waals surface area contributed by atoms with Crippen LogP contribution in [0.5, 0.6) is 0 Å². The van der Waals surface area contributed by atoms with Crippen LogP contribution in [0.4, 0.5) is 0 Å². The fourth-order valence-electron chi connectivity index (χ4n) is 1.65. The monoisotopic (exact) mass is 202 g/mol. The number of Topliss-reactive ketones (excluding diaryl/α,β-unsaturated/α-hetero) is 1. The molecule has 1 heterocycles. The van der Waals surface area contributed by atoms with Crippen molar-refractivity contribution < 1.29 is 4.79 Å². The molecule has 0 amide bonds. The minimum absolute atomic E-state index is 0.0206. The highest BCUT2D eigenvalue weighted by molar-refractivity contribution is 7.99. The molecule has 0 aromatic heterocycles. The Labute approximate surface area is 87.9 Å². The Morgan fingerprint density at radius 3 is 3.14 bits per heavy atom. The molecule has 0 N–H and O–H groups in total. The lowest BCUT2D eigenvalue weighted by Gasteiger charge is -2.06. The number of hydrogen-bond acceptors (Lipinski definition) is 2. The molecule has 2 rings (SSSR count). The van der Waals surface area contributed by atoms with E-state index in [4.69, 9.17) is 6.42 Å². The maximum absolute atomic E-state index is 11.7. The molecule has 1 aliphatic heterocycles. The number of rotatable bonds is 2. The Morgan fingerprint density at radius 2 is 2.36 bits per heavy atom. The number of terminal acetylenes is 1.